The zero-order valence-electron chi connectivity index (χ0n) is 18.2. The van der Waals surface area contributed by atoms with Crippen molar-refractivity contribution in [2.75, 3.05) is 18.1 Å². The molecule has 3 aromatic heterocycles. The van der Waals surface area contributed by atoms with Crippen molar-refractivity contribution >= 4 is 22.8 Å². The molecule has 1 aliphatic carbocycles. The van der Waals surface area contributed by atoms with Crippen LogP contribution >= 0.6 is 0 Å². The molecular weight excluding hydrogens is 418 g/mol. The van der Waals surface area contributed by atoms with E-state index in [-0.39, 0.29) is 17.7 Å². The van der Waals surface area contributed by atoms with E-state index in [4.69, 9.17) is 4.74 Å². The molecule has 0 radical (unpaired) electrons. The molecule has 4 heterocycles. The first-order valence-electron chi connectivity index (χ1n) is 11.5. The molecule has 9 nitrogen and oxygen atoms in total. The van der Waals surface area contributed by atoms with Crippen molar-refractivity contribution in [2.45, 2.75) is 38.1 Å². The van der Waals surface area contributed by atoms with Crippen LogP contribution in [0.5, 0.6) is 5.75 Å². The van der Waals surface area contributed by atoms with Gasteiger partial charge >= 0.3 is 0 Å². The monoisotopic (exact) mass is 443 g/mol. The Balaban J connectivity index is 1.19. The van der Waals surface area contributed by atoms with Gasteiger partial charge in [-0.2, -0.15) is 5.10 Å². The molecule has 0 unspecified atom stereocenters. The van der Waals surface area contributed by atoms with Gasteiger partial charge in [-0.3, -0.25) is 9.89 Å². The third-order valence-corrected chi connectivity index (χ3v) is 6.80. The first-order chi connectivity index (χ1) is 16.3. The minimum absolute atomic E-state index is 0.0320. The van der Waals surface area contributed by atoms with E-state index in [1.807, 2.05) is 24.3 Å². The number of aromatic nitrogens is 6. The number of carbonyl (C=O) groups excluding carboxylic acids is 1. The highest BCUT2D eigenvalue weighted by Gasteiger charge is 2.31. The number of hydrogen-bond donors (Lipinski definition) is 2. The number of ether oxygens (including phenoxy) is 1. The molecule has 2 N–H and O–H groups in total. The largest absolute Gasteiger partial charge is 0.491 e. The summed E-state index contributed by atoms with van der Waals surface area (Å²) >= 11 is 0. The minimum Gasteiger partial charge on any atom is -0.491 e. The Kier molecular flexibility index (Phi) is 5.01. The Bertz CT molecular complexity index is 1280. The highest BCUT2D eigenvalue weighted by molar-refractivity contribution is 6.01. The van der Waals surface area contributed by atoms with E-state index in [9.17, 15) is 4.79 Å². The van der Waals surface area contributed by atoms with Crippen LogP contribution in [0, 0.1) is 5.92 Å². The number of H-pyrrole nitrogens is 2. The van der Waals surface area contributed by atoms with E-state index in [1.54, 1.807) is 18.9 Å². The molecular formula is C24H25N7O2. The molecule has 1 saturated heterocycles. The Labute approximate surface area is 190 Å². The third-order valence-electron chi connectivity index (χ3n) is 6.80. The van der Waals surface area contributed by atoms with Crippen LogP contribution in [0.2, 0.25) is 0 Å². The van der Waals surface area contributed by atoms with Crippen molar-refractivity contribution in [2.24, 2.45) is 5.92 Å². The lowest BCUT2D eigenvalue weighted by Gasteiger charge is -2.28. The smallest absolute Gasteiger partial charge is 0.166 e. The number of anilines is 1. The fraction of sp³-hybridized carbons (Fsp3) is 0.375. The van der Waals surface area contributed by atoms with Crippen LogP contribution in [0.15, 0.2) is 43.1 Å². The molecule has 2 aliphatic rings. The summed E-state index contributed by atoms with van der Waals surface area (Å²) in [6, 6.07) is 7.97. The number of fused-ring (bicyclic) bond motifs is 2. The quantitative estimate of drug-likeness (QED) is 0.471. The lowest BCUT2D eigenvalue weighted by Crippen LogP contribution is -2.35. The van der Waals surface area contributed by atoms with E-state index in [1.165, 1.54) is 0 Å². The summed E-state index contributed by atoms with van der Waals surface area (Å²) in [6.07, 6.45) is 9.44. The highest BCUT2D eigenvalue weighted by atomic mass is 16.5. The van der Waals surface area contributed by atoms with Gasteiger partial charge in [0, 0.05) is 36.2 Å². The molecule has 6 rings (SSSR count). The molecule has 2 atom stereocenters. The van der Waals surface area contributed by atoms with Gasteiger partial charge in [-0.05, 0) is 37.8 Å². The number of benzene rings is 1. The second-order valence-electron chi connectivity index (χ2n) is 8.75. The average Bonchev–Trinajstić information content (AvgIpc) is 3.61. The second kappa shape index (κ2) is 8.31. The van der Waals surface area contributed by atoms with E-state index >= 15 is 0 Å². The molecule has 4 aromatic rings. The maximum atomic E-state index is 13.2. The second-order valence-corrected chi connectivity index (χ2v) is 8.75. The van der Waals surface area contributed by atoms with Crippen molar-refractivity contribution in [3.05, 3.63) is 59.9 Å². The van der Waals surface area contributed by atoms with Crippen LogP contribution in [0.3, 0.4) is 0 Å². The van der Waals surface area contributed by atoms with E-state index in [0.29, 0.717) is 13.0 Å². The first kappa shape index (κ1) is 19.9. The minimum atomic E-state index is -0.0320. The fourth-order valence-electron chi connectivity index (χ4n) is 5.15. The van der Waals surface area contributed by atoms with Crippen LogP contribution in [0.1, 0.15) is 40.9 Å². The third kappa shape index (κ3) is 3.63. The SMILES string of the molecule is O=C1c2cccc(OC[C@H]3CCCN3c3ncnc4[nH]cnc34)c2CC[C@@H]1Cc1cc[nH]n1. The topological polar surface area (TPSA) is 113 Å². The molecule has 9 heteroatoms. The summed E-state index contributed by atoms with van der Waals surface area (Å²) in [6.45, 7) is 1.45. The molecule has 1 fully saturated rings. The molecule has 0 saturated carbocycles. The van der Waals surface area contributed by atoms with Gasteiger partial charge in [-0.1, -0.05) is 12.1 Å². The van der Waals surface area contributed by atoms with E-state index in [2.05, 4.69) is 35.0 Å². The standard InChI is InChI=1S/C24H25N7O2/c32-22-15(11-16-8-9-29-30-16)6-7-18-19(22)4-1-5-20(18)33-12-17-3-2-10-31(17)24-21-23(26-13-25-21)27-14-28-24/h1,4-5,8-9,13-15,17H,2-3,6-7,10-12H2,(H,29,30)(H,25,26,27,28)/t15-,17-/m1/s1. The first-order valence-corrected chi connectivity index (χ1v) is 11.5. The van der Waals surface area contributed by atoms with Crippen LogP contribution < -0.4 is 9.64 Å². The number of nitrogens with zero attached hydrogens (tertiary/aromatic N) is 5. The summed E-state index contributed by atoms with van der Waals surface area (Å²) in [5, 5.41) is 7.05. The van der Waals surface area contributed by atoms with Gasteiger partial charge in [-0.15, -0.1) is 0 Å². The molecule has 0 spiro atoms. The zero-order chi connectivity index (χ0) is 22.2. The Morgan fingerprint density at radius 3 is 3.03 bits per heavy atom. The molecule has 0 amide bonds. The van der Waals surface area contributed by atoms with Gasteiger partial charge in [0.1, 0.15) is 24.2 Å². The lowest BCUT2D eigenvalue weighted by molar-refractivity contribution is 0.0899. The van der Waals surface area contributed by atoms with E-state index in [0.717, 1.165) is 71.8 Å². The van der Waals surface area contributed by atoms with Gasteiger partial charge in [0.05, 0.1) is 18.1 Å². The van der Waals surface area contributed by atoms with Gasteiger partial charge in [0.15, 0.2) is 17.2 Å². The van der Waals surface area contributed by atoms with Crippen molar-refractivity contribution in [1.29, 1.82) is 0 Å². The summed E-state index contributed by atoms with van der Waals surface area (Å²) in [4.78, 5) is 31.7. The van der Waals surface area contributed by atoms with Gasteiger partial charge in [0.2, 0.25) is 0 Å². The normalized spacial score (nSPS) is 20.4. The summed E-state index contributed by atoms with van der Waals surface area (Å²) in [5.41, 5.74) is 4.28. The van der Waals surface area contributed by atoms with Crippen molar-refractivity contribution in [1.82, 2.24) is 30.1 Å². The average molecular weight is 444 g/mol. The van der Waals surface area contributed by atoms with Gasteiger partial charge < -0.3 is 14.6 Å². The Hall–Kier alpha value is -3.75. The van der Waals surface area contributed by atoms with Gasteiger partial charge in [0.25, 0.3) is 0 Å². The molecule has 0 bridgehead atoms. The fourth-order valence-corrected chi connectivity index (χ4v) is 5.15. The number of ketones is 1. The van der Waals surface area contributed by atoms with Crippen molar-refractivity contribution in [3.8, 4) is 5.75 Å². The summed E-state index contributed by atoms with van der Waals surface area (Å²) in [5.74, 6) is 1.82. The van der Waals surface area contributed by atoms with Crippen molar-refractivity contribution < 1.29 is 9.53 Å². The molecule has 1 aliphatic heterocycles. The number of Topliss-reactive ketones (excluding diaryl/α,β-unsaturated/α-hetero) is 1. The number of nitrogens with one attached hydrogen (secondary N) is 2. The Morgan fingerprint density at radius 1 is 1.15 bits per heavy atom. The predicted molar refractivity (Wildman–Crippen MR) is 122 cm³/mol. The van der Waals surface area contributed by atoms with Crippen LogP contribution in [0.25, 0.3) is 11.2 Å². The van der Waals surface area contributed by atoms with E-state index < -0.39 is 0 Å². The van der Waals surface area contributed by atoms with Crippen LogP contribution in [-0.2, 0) is 12.8 Å². The number of hydrogen-bond acceptors (Lipinski definition) is 7. The van der Waals surface area contributed by atoms with Crippen LogP contribution in [0.4, 0.5) is 5.82 Å². The Morgan fingerprint density at radius 2 is 2.12 bits per heavy atom. The lowest BCUT2D eigenvalue weighted by atomic mass is 9.80. The zero-order valence-corrected chi connectivity index (χ0v) is 18.2. The number of imidazole rings is 1. The molecule has 168 valence electrons. The number of aromatic amines is 2. The molecule has 33 heavy (non-hydrogen) atoms. The number of carbonyl (C=O) groups is 1. The summed E-state index contributed by atoms with van der Waals surface area (Å²) in [7, 11) is 0. The van der Waals surface area contributed by atoms with Gasteiger partial charge in [-0.25, -0.2) is 15.0 Å². The predicted octanol–water partition coefficient (Wildman–Crippen LogP) is 3.11. The number of rotatable bonds is 6. The maximum Gasteiger partial charge on any atom is 0.166 e. The summed E-state index contributed by atoms with van der Waals surface area (Å²) < 4.78 is 6.34. The van der Waals surface area contributed by atoms with Crippen LogP contribution in [-0.4, -0.2) is 55.1 Å². The molecule has 1 aromatic carbocycles. The van der Waals surface area contributed by atoms with Crippen molar-refractivity contribution in [3.63, 3.8) is 0 Å². The highest BCUT2D eigenvalue weighted by Crippen LogP contribution is 2.34. The maximum absolute atomic E-state index is 13.2.